The Morgan fingerprint density at radius 3 is 2.68 bits per heavy atom. The predicted octanol–water partition coefficient (Wildman–Crippen LogP) is 3.14. The summed E-state index contributed by atoms with van der Waals surface area (Å²) in [6.07, 6.45) is 6.09. The van der Waals surface area contributed by atoms with Crippen LogP contribution in [0.2, 0.25) is 0 Å². The normalized spacial score (nSPS) is 25.5. The summed E-state index contributed by atoms with van der Waals surface area (Å²) in [6, 6.07) is 4.55. The van der Waals surface area contributed by atoms with Crippen LogP contribution in [-0.2, 0) is 13.5 Å². The number of nitrogens with zero attached hydrogens (tertiary/aromatic N) is 5. The SMILES string of the molecule is Cn1cc(-c2cc3c(cc2C(F)F)N(C2=NN(C4CCNCC4)C4CCNCC24)CCC3)cn1. The van der Waals surface area contributed by atoms with Gasteiger partial charge in [-0.3, -0.25) is 9.69 Å². The first-order valence-corrected chi connectivity index (χ1v) is 12.6. The lowest BCUT2D eigenvalue weighted by molar-refractivity contribution is 0.0971. The second-order valence-corrected chi connectivity index (χ2v) is 10.0. The Kier molecular flexibility index (Phi) is 5.77. The molecule has 0 radical (unpaired) electrons. The molecule has 2 unspecified atom stereocenters. The molecule has 0 saturated carbocycles. The highest BCUT2D eigenvalue weighted by atomic mass is 19.3. The first-order chi connectivity index (χ1) is 16.6. The molecule has 4 aliphatic heterocycles. The van der Waals surface area contributed by atoms with Crippen molar-refractivity contribution in [3.63, 3.8) is 0 Å². The van der Waals surface area contributed by atoms with Crippen molar-refractivity contribution in [3.8, 4) is 11.1 Å². The van der Waals surface area contributed by atoms with Crippen molar-refractivity contribution < 1.29 is 8.78 Å². The molecule has 7 nitrogen and oxygen atoms in total. The van der Waals surface area contributed by atoms with E-state index in [4.69, 9.17) is 5.10 Å². The fourth-order valence-corrected chi connectivity index (χ4v) is 6.25. The summed E-state index contributed by atoms with van der Waals surface area (Å²) in [5.74, 6) is 1.36. The van der Waals surface area contributed by atoms with Crippen LogP contribution in [0.25, 0.3) is 11.1 Å². The quantitative estimate of drug-likeness (QED) is 0.723. The third-order valence-corrected chi connectivity index (χ3v) is 7.91. The molecule has 6 rings (SSSR count). The molecule has 0 aliphatic carbocycles. The highest BCUT2D eigenvalue weighted by molar-refractivity contribution is 6.02. The number of fused-ring (bicyclic) bond motifs is 2. The molecule has 2 saturated heterocycles. The number of halogens is 2. The number of hydrogen-bond donors (Lipinski definition) is 2. The van der Waals surface area contributed by atoms with Crippen molar-refractivity contribution in [1.82, 2.24) is 25.4 Å². The van der Waals surface area contributed by atoms with Crippen molar-refractivity contribution in [3.05, 3.63) is 35.7 Å². The zero-order valence-electron chi connectivity index (χ0n) is 19.7. The summed E-state index contributed by atoms with van der Waals surface area (Å²) in [4.78, 5) is 2.25. The largest absolute Gasteiger partial charge is 0.328 e. The molecule has 2 aromatic rings. The minimum Gasteiger partial charge on any atom is -0.328 e. The van der Waals surface area contributed by atoms with Crippen LogP contribution in [0.1, 0.15) is 43.2 Å². The molecular formula is C25H33F2N7. The van der Waals surface area contributed by atoms with Crippen LogP contribution >= 0.6 is 0 Å². The van der Waals surface area contributed by atoms with E-state index in [1.807, 2.05) is 19.3 Å². The summed E-state index contributed by atoms with van der Waals surface area (Å²) in [7, 11) is 1.81. The van der Waals surface area contributed by atoms with Gasteiger partial charge in [0, 0.05) is 49.2 Å². The van der Waals surface area contributed by atoms with Gasteiger partial charge in [-0.15, -0.1) is 0 Å². The summed E-state index contributed by atoms with van der Waals surface area (Å²) < 4.78 is 30.2. The zero-order valence-corrected chi connectivity index (χ0v) is 19.7. The maximum atomic E-state index is 14.3. The van der Waals surface area contributed by atoms with Gasteiger partial charge in [0.1, 0.15) is 5.84 Å². The van der Waals surface area contributed by atoms with Crippen LogP contribution in [0.5, 0.6) is 0 Å². The van der Waals surface area contributed by atoms with E-state index in [-0.39, 0.29) is 5.56 Å². The van der Waals surface area contributed by atoms with Gasteiger partial charge in [0.2, 0.25) is 0 Å². The number of benzene rings is 1. The van der Waals surface area contributed by atoms with Gasteiger partial charge in [0.05, 0.1) is 18.2 Å². The lowest BCUT2D eigenvalue weighted by Crippen LogP contribution is -2.52. The van der Waals surface area contributed by atoms with E-state index < -0.39 is 6.43 Å². The van der Waals surface area contributed by atoms with Gasteiger partial charge >= 0.3 is 0 Å². The highest BCUT2D eigenvalue weighted by Crippen LogP contribution is 2.41. The van der Waals surface area contributed by atoms with Crippen LogP contribution in [-0.4, -0.2) is 65.4 Å². The monoisotopic (exact) mass is 469 g/mol. The molecule has 0 spiro atoms. The number of anilines is 1. The van der Waals surface area contributed by atoms with Crippen LogP contribution in [0, 0.1) is 5.92 Å². The third-order valence-electron chi connectivity index (χ3n) is 7.91. The summed E-state index contributed by atoms with van der Waals surface area (Å²) >= 11 is 0. The fraction of sp³-hybridized carbons (Fsp3) is 0.600. The van der Waals surface area contributed by atoms with Crippen LogP contribution in [0.4, 0.5) is 14.5 Å². The second kappa shape index (κ2) is 8.92. The van der Waals surface area contributed by atoms with E-state index in [1.54, 1.807) is 16.9 Å². The molecular weight excluding hydrogens is 436 g/mol. The predicted molar refractivity (Wildman–Crippen MR) is 129 cm³/mol. The Balaban J connectivity index is 1.40. The molecule has 182 valence electrons. The van der Waals surface area contributed by atoms with E-state index in [1.165, 1.54) is 0 Å². The minimum absolute atomic E-state index is 0.0748. The number of aromatic nitrogens is 2. The number of nitrogens with one attached hydrogen (secondary N) is 2. The Hall–Kier alpha value is -2.52. The maximum absolute atomic E-state index is 14.3. The van der Waals surface area contributed by atoms with Gasteiger partial charge in [0.25, 0.3) is 6.43 Å². The van der Waals surface area contributed by atoms with Gasteiger partial charge in [-0.05, 0) is 75.0 Å². The standard InChI is InChI=1S/C25H33F2N7/c1-32-15-17(13-30-32)19-11-16-3-2-10-33(23(16)12-20(19)24(26)27)25-21-14-29-9-6-22(21)34(31-25)18-4-7-28-8-5-18/h11-13,15,18,21-22,24,28-29H,2-10,14H2,1H3. The molecule has 2 atom stereocenters. The average molecular weight is 470 g/mol. The fourth-order valence-electron chi connectivity index (χ4n) is 6.25. The molecule has 9 heteroatoms. The van der Waals surface area contributed by atoms with Crippen molar-refractivity contribution >= 4 is 11.5 Å². The van der Waals surface area contributed by atoms with E-state index in [0.717, 1.165) is 87.5 Å². The smallest absolute Gasteiger partial charge is 0.264 e. The number of hydrogen-bond acceptors (Lipinski definition) is 6. The molecule has 2 N–H and O–H groups in total. The van der Waals surface area contributed by atoms with Crippen LogP contribution in [0.3, 0.4) is 0 Å². The van der Waals surface area contributed by atoms with Gasteiger partial charge in [0.15, 0.2) is 0 Å². The number of hydrazone groups is 1. The topological polar surface area (TPSA) is 60.7 Å². The number of alkyl halides is 2. The molecule has 0 bridgehead atoms. The van der Waals surface area contributed by atoms with Crippen molar-refractivity contribution in [1.29, 1.82) is 0 Å². The van der Waals surface area contributed by atoms with E-state index in [0.29, 0.717) is 23.6 Å². The Labute approximate surface area is 199 Å². The third kappa shape index (κ3) is 3.79. The maximum Gasteiger partial charge on any atom is 0.264 e. The molecule has 34 heavy (non-hydrogen) atoms. The molecule has 1 aromatic heterocycles. The number of piperidine rings is 2. The Morgan fingerprint density at radius 2 is 1.91 bits per heavy atom. The van der Waals surface area contributed by atoms with Crippen molar-refractivity contribution in [2.24, 2.45) is 18.1 Å². The Bertz CT molecular complexity index is 1080. The first kappa shape index (κ1) is 22.0. The zero-order chi connectivity index (χ0) is 23.2. The number of rotatable bonds is 3. The molecule has 1 aromatic carbocycles. The lowest BCUT2D eigenvalue weighted by Gasteiger charge is -2.39. The summed E-state index contributed by atoms with van der Waals surface area (Å²) in [6.45, 7) is 4.79. The van der Waals surface area contributed by atoms with E-state index >= 15 is 0 Å². The van der Waals surface area contributed by atoms with Crippen LogP contribution < -0.4 is 15.5 Å². The number of amidine groups is 1. The first-order valence-electron chi connectivity index (χ1n) is 12.6. The highest BCUT2D eigenvalue weighted by Gasteiger charge is 2.44. The Morgan fingerprint density at radius 1 is 1.09 bits per heavy atom. The van der Waals surface area contributed by atoms with Gasteiger partial charge in [-0.25, -0.2) is 8.78 Å². The summed E-state index contributed by atoms with van der Waals surface area (Å²) in [5, 5.41) is 18.9. The van der Waals surface area contributed by atoms with E-state index in [9.17, 15) is 8.78 Å². The number of aryl methyl sites for hydroxylation is 2. The van der Waals surface area contributed by atoms with Gasteiger partial charge < -0.3 is 15.5 Å². The van der Waals surface area contributed by atoms with Crippen molar-refractivity contribution in [2.75, 3.05) is 37.6 Å². The van der Waals surface area contributed by atoms with Crippen molar-refractivity contribution in [2.45, 2.75) is 50.6 Å². The van der Waals surface area contributed by atoms with Gasteiger partial charge in [-0.2, -0.15) is 10.2 Å². The lowest BCUT2D eigenvalue weighted by atomic mass is 9.88. The molecule has 2 fully saturated rings. The molecule has 5 heterocycles. The average Bonchev–Trinajstić information content (AvgIpc) is 3.47. The minimum atomic E-state index is -2.55. The van der Waals surface area contributed by atoms with E-state index in [2.05, 4.69) is 25.6 Å². The molecule has 4 aliphatic rings. The van der Waals surface area contributed by atoms with Gasteiger partial charge in [-0.1, -0.05) is 0 Å². The summed E-state index contributed by atoms with van der Waals surface area (Å²) in [5.41, 5.74) is 3.43. The second-order valence-electron chi connectivity index (χ2n) is 10.0. The molecule has 0 amide bonds. The van der Waals surface area contributed by atoms with Crippen LogP contribution in [0.15, 0.2) is 29.6 Å².